The molecule has 1 aromatic carbocycles. The molecule has 0 aliphatic carbocycles. The van der Waals surface area contributed by atoms with Gasteiger partial charge in [-0.3, -0.25) is 14.3 Å². The van der Waals surface area contributed by atoms with Crippen LogP contribution in [0, 0.1) is 5.82 Å². The fraction of sp³-hybridized carbons (Fsp3) is 0.300. The van der Waals surface area contributed by atoms with Crippen LogP contribution in [0.25, 0.3) is 27.7 Å². The van der Waals surface area contributed by atoms with Crippen molar-refractivity contribution in [3.8, 4) is 16.9 Å². The van der Waals surface area contributed by atoms with Gasteiger partial charge < -0.3 is 19.7 Å². The summed E-state index contributed by atoms with van der Waals surface area (Å²) in [5, 5.41) is 22.6. The number of aliphatic hydroxyl groups is 1. The van der Waals surface area contributed by atoms with E-state index in [0.717, 1.165) is 15.9 Å². The SMILES string of the molecule is Cn1cc(-c2ccnc(-n3ncc4cc(C(C)(C)C)cc(F)c4c3=O)c2CO)cc(Nc2cc3n(n2)CCOC3)c1=O. The van der Waals surface area contributed by atoms with Crippen LogP contribution >= 0.6 is 0 Å². The van der Waals surface area contributed by atoms with Gasteiger partial charge in [-0.05, 0) is 40.8 Å². The number of anilines is 2. The highest BCUT2D eigenvalue weighted by molar-refractivity contribution is 5.83. The van der Waals surface area contributed by atoms with E-state index in [1.54, 1.807) is 31.4 Å². The molecule has 4 aromatic heterocycles. The quantitative estimate of drug-likeness (QED) is 0.328. The van der Waals surface area contributed by atoms with Crippen LogP contribution in [0.2, 0.25) is 0 Å². The largest absolute Gasteiger partial charge is 0.392 e. The number of aliphatic hydroxyl groups excluding tert-OH is 1. The number of nitrogens with zero attached hydrogens (tertiary/aromatic N) is 6. The molecule has 216 valence electrons. The van der Waals surface area contributed by atoms with Gasteiger partial charge in [-0.1, -0.05) is 20.8 Å². The Bertz CT molecular complexity index is 1950. The summed E-state index contributed by atoms with van der Waals surface area (Å²) >= 11 is 0. The van der Waals surface area contributed by atoms with Gasteiger partial charge in [0.1, 0.15) is 11.5 Å². The standard InChI is InChI=1S/C30H30FN7O4/c1-30(2,3)19-9-17-13-33-38(29(41)26(17)23(31)11-19)27-22(15-39)21(5-6-32-27)18-10-24(28(40)36(4)14-18)34-25-12-20-16-42-8-7-37(20)35-25/h5-6,9-14,39H,7-8,15-16H2,1-4H3,(H,34,35). The van der Waals surface area contributed by atoms with E-state index in [4.69, 9.17) is 4.74 Å². The summed E-state index contributed by atoms with van der Waals surface area (Å²) in [6.45, 7) is 7.03. The number of hydrogen-bond acceptors (Lipinski definition) is 8. The summed E-state index contributed by atoms with van der Waals surface area (Å²) in [5.74, 6) is -0.0842. The minimum atomic E-state index is -0.694. The molecule has 0 atom stereocenters. The Morgan fingerprint density at radius 2 is 1.95 bits per heavy atom. The maximum Gasteiger partial charge on any atom is 0.283 e. The number of pyridine rings is 2. The third-order valence-electron chi connectivity index (χ3n) is 7.41. The molecule has 1 aliphatic rings. The normalized spacial score (nSPS) is 13.4. The van der Waals surface area contributed by atoms with Crippen molar-refractivity contribution in [1.82, 2.24) is 29.1 Å². The predicted molar refractivity (Wildman–Crippen MR) is 156 cm³/mol. The molecule has 42 heavy (non-hydrogen) atoms. The van der Waals surface area contributed by atoms with Crippen molar-refractivity contribution in [1.29, 1.82) is 0 Å². The Labute approximate surface area is 239 Å². The Hall–Kier alpha value is -4.68. The van der Waals surface area contributed by atoms with E-state index in [1.807, 2.05) is 31.5 Å². The molecule has 12 heteroatoms. The van der Waals surface area contributed by atoms with E-state index in [0.29, 0.717) is 42.1 Å². The molecule has 0 unspecified atom stereocenters. The molecule has 1 aliphatic heterocycles. The molecule has 0 spiro atoms. The number of nitrogens with one attached hydrogen (secondary N) is 1. The van der Waals surface area contributed by atoms with Crippen molar-refractivity contribution in [3.63, 3.8) is 0 Å². The number of benzene rings is 1. The number of aromatic nitrogens is 6. The lowest BCUT2D eigenvalue weighted by atomic mass is 9.86. The highest BCUT2D eigenvalue weighted by Gasteiger charge is 2.22. The lowest BCUT2D eigenvalue weighted by Crippen LogP contribution is -2.25. The number of aryl methyl sites for hydroxylation is 1. The summed E-state index contributed by atoms with van der Waals surface area (Å²) in [7, 11) is 1.62. The maximum absolute atomic E-state index is 15.3. The van der Waals surface area contributed by atoms with E-state index in [1.165, 1.54) is 23.0 Å². The van der Waals surface area contributed by atoms with Gasteiger partial charge in [0.2, 0.25) is 0 Å². The monoisotopic (exact) mass is 571 g/mol. The van der Waals surface area contributed by atoms with Crippen molar-refractivity contribution in [2.24, 2.45) is 7.05 Å². The Balaban J connectivity index is 1.45. The van der Waals surface area contributed by atoms with Crippen LogP contribution in [0.4, 0.5) is 15.9 Å². The highest BCUT2D eigenvalue weighted by Crippen LogP contribution is 2.30. The van der Waals surface area contributed by atoms with Crippen LogP contribution in [-0.4, -0.2) is 40.8 Å². The minimum Gasteiger partial charge on any atom is -0.392 e. The first-order valence-electron chi connectivity index (χ1n) is 13.5. The van der Waals surface area contributed by atoms with Gasteiger partial charge in [0, 0.05) is 42.0 Å². The fourth-order valence-electron chi connectivity index (χ4n) is 5.15. The molecule has 5 aromatic rings. The Morgan fingerprint density at radius 1 is 1.14 bits per heavy atom. The first-order valence-corrected chi connectivity index (χ1v) is 13.5. The molecule has 0 amide bonds. The van der Waals surface area contributed by atoms with Gasteiger partial charge in [0.25, 0.3) is 11.1 Å². The highest BCUT2D eigenvalue weighted by atomic mass is 19.1. The summed E-state index contributed by atoms with van der Waals surface area (Å²) < 4.78 is 25.0. The van der Waals surface area contributed by atoms with Crippen LogP contribution in [-0.2, 0) is 37.0 Å². The first-order chi connectivity index (χ1) is 20.0. The van der Waals surface area contributed by atoms with Crippen molar-refractivity contribution in [3.05, 3.63) is 92.3 Å². The first kappa shape index (κ1) is 27.5. The van der Waals surface area contributed by atoms with E-state index in [2.05, 4.69) is 20.5 Å². The minimum absolute atomic E-state index is 0.0614. The summed E-state index contributed by atoms with van der Waals surface area (Å²) in [4.78, 5) is 30.9. The summed E-state index contributed by atoms with van der Waals surface area (Å²) in [6, 6.07) is 8.29. The van der Waals surface area contributed by atoms with Crippen molar-refractivity contribution >= 4 is 22.3 Å². The average molecular weight is 572 g/mol. The lowest BCUT2D eigenvalue weighted by Gasteiger charge is -2.20. The molecule has 5 heterocycles. The van der Waals surface area contributed by atoms with Gasteiger partial charge in [0.15, 0.2) is 11.6 Å². The number of rotatable bonds is 5. The second-order valence-corrected chi connectivity index (χ2v) is 11.3. The second kappa shape index (κ2) is 10.3. The summed E-state index contributed by atoms with van der Waals surface area (Å²) in [5.41, 5.74) is 2.01. The number of fused-ring (bicyclic) bond motifs is 2. The predicted octanol–water partition coefficient (Wildman–Crippen LogP) is 3.55. The topological polar surface area (TPSA) is 129 Å². The smallest absolute Gasteiger partial charge is 0.283 e. The maximum atomic E-state index is 15.3. The van der Waals surface area contributed by atoms with Crippen LogP contribution < -0.4 is 16.4 Å². The number of ether oxygens (including phenoxy) is 1. The molecule has 0 fully saturated rings. The fourth-order valence-corrected chi connectivity index (χ4v) is 5.15. The van der Waals surface area contributed by atoms with E-state index in [-0.39, 0.29) is 33.4 Å². The summed E-state index contributed by atoms with van der Waals surface area (Å²) in [6.07, 6.45) is 4.53. The van der Waals surface area contributed by atoms with Crippen molar-refractivity contribution < 1.29 is 14.2 Å². The van der Waals surface area contributed by atoms with Gasteiger partial charge in [-0.2, -0.15) is 14.9 Å². The number of halogens is 1. The van der Waals surface area contributed by atoms with E-state index < -0.39 is 18.0 Å². The van der Waals surface area contributed by atoms with Crippen LogP contribution in [0.5, 0.6) is 0 Å². The van der Waals surface area contributed by atoms with Crippen LogP contribution in [0.3, 0.4) is 0 Å². The van der Waals surface area contributed by atoms with Crippen LogP contribution in [0.15, 0.2) is 58.5 Å². The third kappa shape index (κ3) is 4.78. The van der Waals surface area contributed by atoms with Gasteiger partial charge in [-0.15, -0.1) is 0 Å². The van der Waals surface area contributed by atoms with Crippen molar-refractivity contribution in [2.75, 3.05) is 11.9 Å². The van der Waals surface area contributed by atoms with E-state index >= 15 is 4.39 Å². The molecule has 0 bridgehead atoms. The average Bonchev–Trinajstić information content (AvgIpc) is 3.37. The molecule has 11 nitrogen and oxygen atoms in total. The third-order valence-corrected chi connectivity index (χ3v) is 7.41. The molecule has 0 radical (unpaired) electrons. The van der Waals surface area contributed by atoms with Gasteiger partial charge in [-0.25, -0.2) is 9.37 Å². The molecule has 2 N–H and O–H groups in total. The zero-order valence-electron chi connectivity index (χ0n) is 23.7. The molecule has 6 rings (SSSR count). The zero-order valence-corrected chi connectivity index (χ0v) is 23.7. The van der Waals surface area contributed by atoms with Gasteiger partial charge >= 0.3 is 0 Å². The van der Waals surface area contributed by atoms with Gasteiger partial charge in [0.05, 0.1) is 43.6 Å². The zero-order chi connectivity index (χ0) is 29.8. The van der Waals surface area contributed by atoms with E-state index in [9.17, 15) is 14.7 Å². The molecule has 0 saturated carbocycles. The Kier molecular flexibility index (Phi) is 6.74. The molecule has 0 saturated heterocycles. The Morgan fingerprint density at radius 3 is 2.69 bits per heavy atom. The van der Waals surface area contributed by atoms with Crippen LogP contribution in [0.1, 0.15) is 37.6 Å². The van der Waals surface area contributed by atoms with Crippen molar-refractivity contribution in [2.45, 2.75) is 45.9 Å². The molecular weight excluding hydrogens is 541 g/mol. The second-order valence-electron chi connectivity index (χ2n) is 11.3. The molecular formula is C30H30FN7O4. The lowest BCUT2D eigenvalue weighted by molar-refractivity contribution is 0.0801. The number of hydrogen-bond donors (Lipinski definition) is 2.